The molecule has 1 fully saturated rings. The molecule has 3 aromatic rings. The Morgan fingerprint density at radius 3 is 2.29 bits per heavy atom. The third-order valence-corrected chi connectivity index (χ3v) is 5.89. The van der Waals surface area contributed by atoms with E-state index in [9.17, 15) is 23.5 Å². The van der Waals surface area contributed by atoms with Gasteiger partial charge in [0, 0.05) is 49.0 Å². The number of aromatic nitrogens is 1. The largest absolute Gasteiger partial charge is 0.477 e. The van der Waals surface area contributed by atoms with Crippen LogP contribution in [-0.2, 0) is 0 Å². The lowest BCUT2D eigenvalue weighted by Gasteiger charge is -2.35. The van der Waals surface area contributed by atoms with Crippen LogP contribution in [0.4, 0.5) is 18.9 Å². The first-order valence-electron chi connectivity index (χ1n) is 9.99. The Kier molecular flexibility index (Phi) is 7.30. The fraction of sp³-hybridized carbons (Fsp3) is 0.217. The predicted octanol–water partition coefficient (Wildman–Crippen LogP) is 4.49. The number of rotatable bonds is 4. The SMILES string of the molecule is C=C(Cl)c1c(N2CCN(C)CC2)c(F)cc2c(=O)c(C(=O)O)cn(-c3ccc(F)cc3F)c12.Cl. The zero-order valence-corrected chi connectivity index (χ0v) is 19.5. The maximum absolute atomic E-state index is 15.4. The van der Waals surface area contributed by atoms with Crippen LogP contribution in [-0.4, -0.2) is 53.8 Å². The van der Waals surface area contributed by atoms with Crippen molar-refractivity contribution in [3.63, 3.8) is 0 Å². The minimum atomic E-state index is -1.58. The number of likely N-dealkylation sites (N-methyl/N-ethyl adjacent to an activating group) is 1. The van der Waals surface area contributed by atoms with Crippen LogP contribution in [0.2, 0.25) is 0 Å². The number of hydrogen-bond donors (Lipinski definition) is 1. The molecule has 1 saturated heterocycles. The predicted molar refractivity (Wildman–Crippen MR) is 128 cm³/mol. The lowest BCUT2D eigenvalue weighted by Crippen LogP contribution is -2.45. The summed E-state index contributed by atoms with van der Waals surface area (Å²) >= 11 is 6.30. The molecule has 0 spiro atoms. The molecule has 2 aromatic carbocycles. The molecule has 0 amide bonds. The highest BCUT2D eigenvalue weighted by Crippen LogP contribution is 2.39. The van der Waals surface area contributed by atoms with Crippen molar-refractivity contribution in [2.24, 2.45) is 0 Å². The smallest absolute Gasteiger partial charge is 0.341 e. The van der Waals surface area contributed by atoms with E-state index < -0.39 is 34.4 Å². The van der Waals surface area contributed by atoms with Gasteiger partial charge < -0.3 is 19.5 Å². The van der Waals surface area contributed by atoms with Gasteiger partial charge in [0.05, 0.1) is 22.3 Å². The molecule has 0 saturated carbocycles. The van der Waals surface area contributed by atoms with Crippen molar-refractivity contribution < 1.29 is 23.1 Å². The van der Waals surface area contributed by atoms with Gasteiger partial charge in [0.15, 0.2) is 0 Å². The minimum Gasteiger partial charge on any atom is -0.477 e. The summed E-state index contributed by atoms with van der Waals surface area (Å²) < 4.78 is 44.8. The van der Waals surface area contributed by atoms with E-state index in [0.29, 0.717) is 32.2 Å². The van der Waals surface area contributed by atoms with Crippen LogP contribution in [0.1, 0.15) is 15.9 Å². The number of anilines is 1. The topological polar surface area (TPSA) is 65.8 Å². The first-order valence-corrected chi connectivity index (χ1v) is 10.4. The van der Waals surface area contributed by atoms with E-state index in [4.69, 9.17) is 11.6 Å². The van der Waals surface area contributed by atoms with Gasteiger partial charge in [0.2, 0.25) is 5.43 Å². The average Bonchev–Trinajstić information content (AvgIpc) is 2.74. The fourth-order valence-electron chi connectivity index (χ4n) is 4.07. The molecule has 4 rings (SSSR count). The molecule has 11 heteroatoms. The zero-order valence-electron chi connectivity index (χ0n) is 17.9. The van der Waals surface area contributed by atoms with E-state index in [2.05, 4.69) is 11.5 Å². The van der Waals surface area contributed by atoms with Crippen LogP contribution >= 0.6 is 24.0 Å². The van der Waals surface area contributed by atoms with Crippen LogP contribution in [0.5, 0.6) is 0 Å². The van der Waals surface area contributed by atoms with E-state index in [1.165, 1.54) is 0 Å². The van der Waals surface area contributed by atoms with Crippen LogP contribution in [0, 0.1) is 17.5 Å². The van der Waals surface area contributed by atoms with Crippen molar-refractivity contribution in [3.8, 4) is 5.69 Å². The number of piperazine rings is 1. The Morgan fingerprint density at radius 2 is 1.74 bits per heavy atom. The van der Waals surface area contributed by atoms with Crippen molar-refractivity contribution in [3.05, 3.63) is 75.8 Å². The summed E-state index contributed by atoms with van der Waals surface area (Å²) in [7, 11) is 1.93. The highest BCUT2D eigenvalue weighted by molar-refractivity contribution is 6.50. The zero-order chi connectivity index (χ0) is 24.0. The highest BCUT2D eigenvalue weighted by Gasteiger charge is 2.28. The standard InChI is InChI=1S/C23H19ClF3N3O3.ClH/c1-12(24)19-20-14(10-17(27)21(19)29-7-5-28(2)6-8-29)22(31)15(23(32)33)11-30(20)18-4-3-13(25)9-16(18)26;/h3-4,9-11H,1,5-8H2,2H3,(H,32,33);1H. The van der Waals surface area contributed by atoms with Crippen molar-refractivity contribution in [2.75, 3.05) is 38.1 Å². The van der Waals surface area contributed by atoms with E-state index in [1.54, 1.807) is 4.90 Å². The second-order valence-corrected chi connectivity index (χ2v) is 8.27. The van der Waals surface area contributed by atoms with Gasteiger partial charge in [-0.05, 0) is 25.2 Å². The molecule has 0 bridgehead atoms. The Morgan fingerprint density at radius 1 is 1.09 bits per heavy atom. The number of carboxylic acids is 1. The molecule has 180 valence electrons. The van der Waals surface area contributed by atoms with Crippen molar-refractivity contribution >= 4 is 51.6 Å². The van der Waals surface area contributed by atoms with Gasteiger partial charge in [0.1, 0.15) is 23.0 Å². The molecule has 34 heavy (non-hydrogen) atoms. The van der Waals surface area contributed by atoms with Crippen LogP contribution in [0.25, 0.3) is 21.6 Å². The first-order chi connectivity index (χ1) is 15.6. The number of pyridine rings is 1. The Bertz CT molecular complexity index is 1370. The van der Waals surface area contributed by atoms with Gasteiger partial charge in [0.25, 0.3) is 0 Å². The number of carboxylic acid groups (broad SMARTS) is 1. The summed E-state index contributed by atoms with van der Waals surface area (Å²) in [5.41, 5.74) is -1.81. The molecule has 0 atom stereocenters. The summed E-state index contributed by atoms with van der Waals surface area (Å²) in [6.45, 7) is 5.92. The lowest BCUT2D eigenvalue weighted by atomic mass is 10.0. The quantitative estimate of drug-likeness (QED) is 0.556. The van der Waals surface area contributed by atoms with Crippen molar-refractivity contribution in [1.82, 2.24) is 9.47 Å². The summed E-state index contributed by atoms with van der Waals surface area (Å²) in [5, 5.41) is 9.09. The number of fused-ring (bicyclic) bond motifs is 1. The van der Waals surface area contributed by atoms with E-state index in [1.807, 2.05) is 7.05 Å². The molecule has 0 unspecified atom stereocenters. The number of benzene rings is 2. The number of aromatic carboxylic acids is 1. The second-order valence-electron chi connectivity index (χ2n) is 7.82. The fourth-order valence-corrected chi connectivity index (χ4v) is 4.24. The molecule has 1 N–H and O–H groups in total. The number of hydrogen-bond acceptors (Lipinski definition) is 4. The van der Waals surface area contributed by atoms with Crippen molar-refractivity contribution in [2.45, 2.75) is 0 Å². The third kappa shape index (κ3) is 4.38. The highest BCUT2D eigenvalue weighted by atomic mass is 35.5. The molecule has 1 aliphatic rings. The summed E-state index contributed by atoms with van der Waals surface area (Å²) in [6, 6.07) is 3.64. The normalized spacial score (nSPS) is 14.2. The number of nitrogens with zero attached hydrogens (tertiary/aromatic N) is 3. The van der Waals surface area contributed by atoms with Gasteiger partial charge in [-0.15, -0.1) is 12.4 Å². The van der Waals surface area contributed by atoms with Crippen LogP contribution in [0.15, 0.2) is 41.8 Å². The minimum absolute atomic E-state index is 0. The van der Waals surface area contributed by atoms with Gasteiger partial charge in [-0.25, -0.2) is 18.0 Å². The summed E-state index contributed by atoms with van der Waals surface area (Å²) in [5.74, 6) is -4.21. The number of halogens is 5. The first kappa shape index (κ1) is 25.6. The molecule has 6 nitrogen and oxygen atoms in total. The van der Waals surface area contributed by atoms with Crippen LogP contribution in [0.3, 0.4) is 0 Å². The molecule has 1 aromatic heterocycles. The Balaban J connectivity index is 0.00000324. The van der Waals surface area contributed by atoms with Crippen molar-refractivity contribution in [1.29, 1.82) is 0 Å². The van der Waals surface area contributed by atoms with E-state index >= 15 is 4.39 Å². The third-order valence-electron chi connectivity index (χ3n) is 5.70. The molecular formula is C23H20Cl2F3N3O3. The van der Waals surface area contributed by atoms with E-state index in [-0.39, 0.29) is 45.3 Å². The molecule has 2 heterocycles. The molecule has 0 radical (unpaired) electrons. The second kappa shape index (κ2) is 9.69. The van der Waals surface area contributed by atoms with Gasteiger partial charge in [-0.2, -0.15) is 0 Å². The van der Waals surface area contributed by atoms with Crippen LogP contribution < -0.4 is 10.3 Å². The molecule has 1 aliphatic heterocycles. The lowest BCUT2D eigenvalue weighted by molar-refractivity contribution is 0.0695. The Labute approximate surface area is 203 Å². The summed E-state index contributed by atoms with van der Waals surface area (Å²) in [4.78, 5) is 28.5. The van der Waals surface area contributed by atoms with Gasteiger partial charge >= 0.3 is 5.97 Å². The maximum Gasteiger partial charge on any atom is 0.341 e. The maximum atomic E-state index is 15.4. The van der Waals surface area contributed by atoms with Gasteiger partial charge in [-0.1, -0.05) is 18.2 Å². The summed E-state index contributed by atoms with van der Waals surface area (Å²) in [6.07, 6.45) is 0.929. The molecule has 0 aliphatic carbocycles. The monoisotopic (exact) mass is 513 g/mol. The van der Waals surface area contributed by atoms with E-state index in [0.717, 1.165) is 29.0 Å². The molecular weight excluding hydrogens is 494 g/mol. The van der Waals surface area contributed by atoms with Gasteiger partial charge in [-0.3, -0.25) is 4.79 Å². The average molecular weight is 514 g/mol. The Hall–Kier alpha value is -3.01. The number of carbonyl (C=O) groups is 1.